The van der Waals surface area contributed by atoms with Crippen LogP contribution in [-0.4, -0.2) is 13.0 Å². The highest BCUT2D eigenvalue weighted by Crippen LogP contribution is 2.19. The van der Waals surface area contributed by atoms with Crippen molar-refractivity contribution in [3.63, 3.8) is 0 Å². The Balaban J connectivity index is 2.03. The van der Waals surface area contributed by atoms with Gasteiger partial charge in [-0.2, -0.15) is 0 Å². The predicted molar refractivity (Wildman–Crippen MR) is 94.5 cm³/mol. The average Bonchev–Trinajstić information content (AvgIpc) is 2.55. The molecule has 0 fully saturated rings. The van der Waals surface area contributed by atoms with E-state index < -0.39 is 0 Å². The lowest BCUT2D eigenvalue weighted by Gasteiger charge is -2.14. The molecular weight excluding hydrogens is 286 g/mol. The number of rotatable bonds is 5. The van der Waals surface area contributed by atoms with Crippen molar-refractivity contribution in [2.75, 3.05) is 7.11 Å². The zero-order chi connectivity index (χ0) is 16.8. The molecular formula is C20H23NO2. The van der Waals surface area contributed by atoms with Crippen molar-refractivity contribution in [3.8, 4) is 5.75 Å². The Bertz CT molecular complexity index is 719. The first kappa shape index (κ1) is 16.8. The summed E-state index contributed by atoms with van der Waals surface area (Å²) in [5.41, 5.74) is 4.47. The minimum absolute atomic E-state index is 0.0379. The van der Waals surface area contributed by atoms with Crippen LogP contribution in [0.3, 0.4) is 0 Å². The van der Waals surface area contributed by atoms with Crippen LogP contribution >= 0.6 is 0 Å². The number of ether oxygens (including phenoxy) is 1. The van der Waals surface area contributed by atoms with Gasteiger partial charge in [-0.15, -0.1) is 0 Å². The van der Waals surface area contributed by atoms with Crippen molar-refractivity contribution in [1.82, 2.24) is 5.32 Å². The van der Waals surface area contributed by atoms with Gasteiger partial charge in [0.05, 0.1) is 13.2 Å². The van der Waals surface area contributed by atoms with Crippen molar-refractivity contribution in [1.29, 1.82) is 0 Å². The minimum atomic E-state index is -0.123. The Hall–Kier alpha value is -2.55. The SMILES string of the molecule is COc1ccccc1/C=C/C(=O)N[C@@H](C)c1ccc(C)c(C)c1. The summed E-state index contributed by atoms with van der Waals surface area (Å²) in [4.78, 5) is 12.1. The maximum Gasteiger partial charge on any atom is 0.244 e. The standard InChI is InChI=1S/C20H23NO2/c1-14-9-10-18(13-15(14)2)16(3)21-20(22)12-11-17-7-5-6-8-19(17)23-4/h5-13,16H,1-4H3,(H,21,22)/b12-11+/t16-/m0/s1. The van der Waals surface area contributed by atoms with Gasteiger partial charge in [0.15, 0.2) is 0 Å². The van der Waals surface area contributed by atoms with Crippen LogP contribution in [0.4, 0.5) is 0 Å². The quantitative estimate of drug-likeness (QED) is 0.841. The van der Waals surface area contributed by atoms with Gasteiger partial charge in [-0.25, -0.2) is 0 Å². The number of benzene rings is 2. The number of para-hydroxylation sites is 1. The first-order valence-electron chi connectivity index (χ1n) is 7.70. The molecule has 0 aliphatic rings. The van der Waals surface area contributed by atoms with Crippen LogP contribution in [0, 0.1) is 13.8 Å². The van der Waals surface area contributed by atoms with E-state index >= 15 is 0 Å². The summed E-state index contributed by atoms with van der Waals surface area (Å²) in [6.45, 7) is 6.15. The van der Waals surface area contributed by atoms with Crippen LogP contribution in [0.5, 0.6) is 5.75 Å². The van der Waals surface area contributed by atoms with Crippen LogP contribution < -0.4 is 10.1 Å². The summed E-state index contributed by atoms with van der Waals surface area (Å²) in [6.07, 6.45) is 3.30. The Morgan fingerprint density at radius 3 is 2.57 bits per heavy atom. The number of nitrogens with one attached hydrogen (secondary N) is 1. The van der Waals surface area contributed by atoms with Gasteiger partial charge in [0, 0.05) is 11.6 Å². The smallest absolute Gasteiger partial charge is 0.244 e. The van der Waals surface area contributed by atoms with Gasteiger partial charge >= 0.3 is 0 Å². The first-order chi connectivity index (χ1) is 11.0. The van der Waals surface area contributed by atoms with Gasteiger partial charge in [-0.3, -0.25) is 4.79 Å². The highest BCUT2D eigenvalue weighted by molar-refractivity contribution is 5.92. The average molecular weight is 309 g/mol. The van der Waals surface area contributed by atoms with E-state index in [4.69, 9.17) is 4.74 Å². The topological polar surface area (TPSA) is 38.3 Å². The number of hydrogen-bond acceptors (Lipinski definition) is 2. The molecule has 2 rings (SSSR count). The van der Waals surface area contributed by atoms with Crippen molar-refractivity contribution >= 4 is 12.0 Å². The summed E-state index contributed by atoms with van der Waals surface area (Å²) in [7, 11) is 1.62. The van der Waals surface area contributed by atoms with Crippen molar-refractivity contribution in [2.24, 2.45) is 0 Å². The molecule has 0 aromatic heterocycles. The molecule has 23 heavy (non-hydrogen) atoms. The summed E-state index contributed by atoms with van der Waals surface area (Å²) < 4.78 is 5.27. The Kier molecular flexibility index (Phi) is 5.58. The molecule has 3 nitrogen and oxygen atoms in total. The lowest BCUT2D eigenvalue weighted by molar-refractivity contribution is -0.117. The molecule has 0 aliphatic heterocycles. The number of hydrogen-bond donors (Lipinski definition) is 1. The third-order valence-electron chi connectivity index (χ3n) is 3.94. The van der Waals surface area contributed by atoms with Gasteiger partial charge in [0.25, 0.3) is 0 Å². The molecule has 0 radical (unpaired) electrons. The summed E-state index contributed by atoms with van der Waals surface area (Å²) in [6, 6.07) is 13.8. The zero-order valence-electron chi connectivity index (χ0n) is 14.1. The Labute approximate surface area is 138 Å². The van der Waals surface area contributed by atoms with E-state index in [-0.39, 0.29) is 11.9 Å². The summed E-state index contributed by atoms with van der Waals surface area (Å²) in [5, 5.41) is 2.98. The van der Waals surface area contributed by atoms with E-state index in [1.165, 1.54) is 17.2 Å². The number of aryl methyl sites for hydroxylation is 2. The summed E-state index contributed by atoms with van der Waals surface area (Å²) in [5.74, 6) is 0.625. The fourth-order valence-corrected chi connectivity index (χ4v) is 2.35. The second-order valence-electron chi connectivity index (χ2n) is 5.65. The van der Waals surface area contributed by atoms with E-state index in [1.54, 1.807) is 13.2 Å². The molecule has 1 N–H and O–H groups in total. The second-order valence-corrected chi connectivity index (χ2v) is 5.65. The molecule has 0 unspecified atom stereocenters. The Morgan fingerprint density at radius 2 is 1.87 bits per heavy atom. The largest absolute Gasteiger partial charge is 0.496 e. The molecule has 0 aliphatic carbocycles. The molecule has 1 atom stereocenters. The van der Waals surface area contributed by atoms with Crippen molar-refractivity contribution < 1.29 is 9.53 Å². The number of carbonyl (C=O) groups is 1. The van der Waals surface area contributed by atoms with Crippen LogP contribution in [0.15, 0.2) is 48.5 Å². The maximum atomic E-state index is 12.1. The molecule has 0 spiro atoms. The predicted octanol–water partition coefficient (Wildman–Crippen LogP) is 4.20. The summed E-state index contributed by atoms with van der Waals surface area (Å²) >= 11 is 0. The van der Waals surface area contributed by atoms with Crippen LogP contribution in [-0.2, 0) is 4.79 Å². The van der Waals surface area contributed by atoms with Gasteiger partial charge in [0.1, 0.15) is 5.75 Å². The highest BCUT2D eigenvalue weighted by Gasteiger charge is 2.08. The van der Waals surface area contributed by atoms with E-state index in [9.17, 15) is 4.79 Å². The van der Waals surface area contributed by atoms with E-state index in [0.717, 1.165) is 16.9 Å². The van der Waals surface area contributed by atoms with Gasteiger partial charge in [0.2, 0.25) is 5.91 Å². The second kappa shape index (κ2) is 7.63. The van der Waals surface area contributed by atoms with Crippen LogP contribution in [0.25, 0.3) is 6.08 Å². The molecule has 120 valence electrons. The molecule has 0 heterocycles. The van der Waals surface area contributed by atoms with Crippen LogP contribution in [0.2, 0.25) is 0 Å². The molecule has 2 aromatic carbocycles. The van der Waals surface area contributed by atoms with Gasteiger partial charge < -0.3 is 10.1 Å². The lowest BCUT2D eigenvalue weighted by atomic mass is 10.0. The third-order valence-corrected chi connectivity index (χ3v) is 3.94. The fourth-order valence-electron chi connectivity index (χ4n) is 2.35. The minimum Gasteiger partial charge on any atom is -0.496 e. The number of methoxy groups -OCH3 is 1. The van der Waals surface area contributed by atoms with E-state index in [0.29, 0.717) is 0 Å². The van der Waals surface area contributed by atoms with Crippen molar-refractivity contribution in [3.05, 3.63) is 70.8 Å². The first-order valence-corrected chi connectivity index (χ1v) is 7.70. The molecule has 0 saturated heterocycles. The molecule has 0 saturated carbocycles. The van der Waals surface area contributed by atoms with E-state index in [1.807, 2.05) is 31.2 Å². The monoisotopic (exact) mass is 309 g/mol. The molecule has 3 heteroatoms. The normalized spacial score (nSPS) is 12.2. The number of carbonyl (C=O) groups excluding carboxylic acids is 1. The van der Waals surface area contributed by atoms with Crippen molar-refractivity contribution in [2.45, 2.75) is 26.8 Å². The zero-order valence-corrected chi connectivity index (χ0v) is 14.1. The van der Waals surface area contributed by atoms with E-state index in [2.05, 4.69) is 37.4 Å². The maximum absolute atomic E-state index is 12.1. The third kappa shape index (κ3) is 4.46. The van der Waals surface area contributed by atoms with Crippen LogP contribution in [0.1, 0.15) is 35.2 Å². The molecule has 0 bridgehead atoms. The number of amides is 1. The molecule has 1 amide bonds. The van der Waals surface area contributed by atoms with Gasteiger partial charge in [-0.05, 0) is 49.6 Å². The molecule has 2 aromatic rings. The highest BCUT2D eigenvalue weighted by atomic mass is 16.5. The van der Waals surface area contributed by atoms with Gasteiger partial charge in [-0.1, -0.05) is 36.4 Å². The lowest BCUT2D eigenvalue weighted by Crippen LogP contribution is -2.24. The fraction of sp³-hybridized carbons (Fsp3) is 0.250. The Morgan fingerprint density at radius 1 is 1.13 bits per heavy atom.